The molecule has 1 amide bonds. The zero-order valence-electron chi connectivity index (χ0n) is 12.8. The van der Waals surface area contributed by atoms with Crippen LogP contribution >= 0.6 is 12.4 Å². The zero-order valence-corrected chi connectivity index (χ0v) is 13.6. The second kappa shape index (κ2) is 11.3. The number of benzene rings is 1. The van der Waals surface area contributed by atoms with E-state index in [0.29, 0.717) is 12.1 Å². The van der Waals surface area contributed by atoms with E-state index in [9.17, 15) is 9.59 Å². The lowest BCUT2D eigenvalue weighted by molar-refractivity contribution is -0.121. The van der Waals surface area contributed by atoms with Gasteiger partial charge in [0.25, 0.3) is 0 Å². The normalized spacial score (nSPS) is 9.81. The van der Waals surface area contributed by atoms with Gasteiger partial charge < -0.3 is 10.6 Å². The molecule has 1 aromatic carbocycles. The summed E-state index contributed by atoms with van der Waals surface area (Å²) in [7, 11) is 1.88. The number of rotatable bonds is 9. The summed E-state index contributed by atoms with van der Waals surface area (Å²) >= 11 is 0. The highest BCUT2D eigenvalue weighted by atomic mass is 35.5. The van der Waals surface area contributed by atoms with Crippen molar-refractivity contribution in [1.82, 2.24) is 10.6 Å². The molecular formula is C16H25ClN2O2. The molecular weight excluding hydrogens is 288 g/mol. The molecule has 5 heteroatoms. The largest absolute Gasteiger partial charge is 0.356 e. The molecule has 0 bridgehead atoms. The molecule has 0 aliphatic heterocycles. The van der Waals surface area contributed by atoms with Crippen LogP contribution in [-0.2, 0) is 11.2 Å². The summed E-state index contributed by atoms with van der Waals surface area (Å²) in [5.41, 5.74) is 1.90. The van der Waals surface area contributed by atoms with Crippen molar-refractivity contribution in [3.8, 4) is 0 Å². The van der Waals surface area contributed by atoms with Crippen LogP contribution in [0.5, 0.6) is 0 Å². The van der Waals surface area contributed by atoms with Crippen LogP contribution < -0.4 is 10.6 Å². The first-order chi connectivity index (χ1) is 9.67. The maximum atomic E-state index is 11.9. The average Bonchev–Trinajstić information content (AvgIpc) is 2.49. The Morgan fingerprint density at radius 3 is 2.29 bits per heavy atom. The molecule has 4 nitrogen and oxygen atoms in total. The van der Waals surface area contributed by atoms with Crippen molar-refractivity contribution < 1.29 is 9.59 Å². The van der Waals surface area contributed by atoms with Crippen LogP contribution in [0.15, 0.2) is 24.3 Å². The monoisotopic (exact) mass is 312 g/mol. The number of hydrogen-bond acceptors (Lipinski definition) is 3. The van der Waals surface area contributed by atoms with Crippen LogP contribution in [0.3, 0.4) is 0 Å². The van der Waals surface area contributed by atoms with Crippen molar-refractivity contribution in [2.24, 2.45) is 0 Å². The van der Waals surface area contributed by atoms with Gasteiger partial charge in [-0.15, -0.1) is 12.4 Å². The molecule has 0 aliphatic rings. The van der Waals surface area contributed by atoms with Crippen LogP contribution in [0.4, 0.5) is 0 Å². The third kappa shape index (κ3) is 7.83. The molecule has 0 unspecified atom stereocenters. The van der Waals surface area contributed by atoms with Gasteiger partial charge in [0.2, 0.25) is 5.91 Å². The Morgan fingerprint density at radius 1 is 1.05 bits per heavy atom. The molecule has 0 fully saturated rings. The van der Waals surface area contributed by atoms with Gasteiger partial charge in [-0.2, -0.15) is 0 Å². The van der Waals surface area contributed by atoms with Crippen molar-refractivity contribution >= 4 is 24.1 Å². The minimum absolute atomic E-state index is 0. The number of Topliss-reactive ketones (excluding diaryl/α,β-unsaturated/α-hetero) is 1. The number of ketones is 1. The molecule has 0 aromatic heterocycles. The van der Waals surface area contributed by atoms with Gasteiger partial charge >= 0.3 is 0 Å². The molecule has 1 aromatic rings. The summed E-state index contributed by atoms with van der Waals surface area (Å²) in [5, 5.41) is 5.83. The van der Waals surface area contributed by atoms with E-state index in [4.69, 9.17) is 0 Å². The van der Waals surface area contributed by atoms with Crippen molar-refractivity contribution in [3.05, 3.63) is 35.4 Å². The standard InChI is InChI=1S/C16H24N2O2.ClH/c1-3-13-5-7-14(8-6-13)15(19)9-10-16(20)18-12-4-11-17-2;/h5-8,17H,3-4,9-12H2,1-2H3,(H,18,20);1H. The molecule has 21 heavy (non-hydrogen) atoms. The smallest absolute Gasteiger partial charge is 0.220 e. The first-order valence-corrected chi connectivity index (χ1v) is 7.20. The SMILES string of the molecule is CCc1ccc(C(=O)CCC(=O)NCCCNC)cc1.Cl. The first kappa shape index (κ1) is 19.6. The van der Waals surface area contributed by atoms with Gasteiger partial charge in [0.15, 0.2) is 5.78 Å². The minimum Gasteiger partial charge on any atom is -0.356 e. The maximum Gasteiger partial charge on any atom is 0.220 e. The van der Waals surface area contributed by atoms with Crippen LogP contribution in [0, 0.1) is 0 Å². The molecule has 1 rings (SSSR count). The molecule has 2 N–H and O–H groups in total. The number of amides is 1. The van der Waals surface area contributed by atoms with E-state index in [1.165, 1.54) is 5.56 Å². The molecule has 0 heterocycles. The van der Waals surface area contributed by atoms with Crippen molar-refractivity contribution in [3.63, 3.8) is 0 Å². The van der Waals surface area contributed by atoms with Gasteiger partial charge in [-0.1, -0.05) is 31.2 Å². The quantitative estimate of drug-likeness (QED) is 0.543. The van der Waals surface area contributed by atoms with Gasteiger partial charge in [-0.3, -0.25) is 9.59 Å². The van der Waals surface area contributed by atoms with E-state index < -0.39 is 0 Å². The lowest BCUT2D eigenvalue weighted by atomic mass is 10.0. The van der Waals surface area contributed by atoms with Gasteiger partial charge in [-0.05, 0) is 32.0 Å². The van der Waals surface area contributed by atoms with E-state index >= 15 is 0 Å². The van der Waals surface area contributed by atoms with Gasteiger partial charge in [-0.25, -0.2) is 0 Å². The number of carbonyl (C=O) groups is 2. The highest BCUT2D eigenvalue weighted by Gasteiger charge is 2.08. The summed E-state index contributed by atoms with van der Waals surface area (Å²) in [6, 6.07) is 7.61. The number of halogens is 1. The second-order valence-electron chi connectivity index (χ2n) is 4.78. The minimum atomic E-state index is -0.0559. The van der Waals surface area contributed by atoms with E-state index in [1.807, 2.05) is 31.3 Å². The highest BCUT2D eigenvalue weighted by molar-refractivity contribution is 5.97. The Hall–Kier alpha value is -1.39. The molecule has 0 radical (unpaired) electrons. The van der Waals surface area contributed by atoms with Crippen LogP contribution in [0.1, 0.15) is 42.1 Å². The number of carbonyl (C=O) groups excluding carboxylic acids is 2. The predicted octanol–water partition coefficient (Wildman–Crippen LogP) is 2.36. The first-order valence-electron chi connectivity index (χ1n) is 7.20. The third-order valence-corrected chi connectivity index (χ3v) is 3.19. The molecule has 0 aliphatic carbocycles. The van der Waals surface area contributed by atoms with Crippen molar-refractivity contribution in [2.45, 2.75) is 32.6 Å². The van der Waals surface area contributed by atoms with E-state index in [2.05, 4.69) is 17.6 Å². The Kier molecular flexibility index (Phi) is 10.5. The predicted molar refractivity (Wildman–Crippen MR) is 88.2 cm³/mol. The van der Waals surface area contributed by atoms with Crippen LogP contribution in [-0.4, -0.2) is 31.8 Å². The Labute approximate surface area is 133 Å². The van der Waals surface area contributed by atoms with Crippen LogP contribution in [0.2, 0.25) is 0 Å². The average molecular weight is 313 g/mol. The lowest BCUT2D eigenvalue weighted by Crippen LogP contribution is -2.26. The molecule has 0 saturated heterocycles. The summed E-state index contributed by atoms with van der Waals surface area (Å²) in [5.74, 6) is -0.0299. The Balaban J connectivity index is 0.00000400. The van der Waals surface area contributed by atoms with Gasteiger partial charge in [0, 0.05) is 24.9 Å². The van der Waals surface area contributed by atoms with Crippen molar-refractivity contribution in [2.75, 3.05) is 20.1 Å². The fourth-order valence-corrected chi connectivity index (χ4v) is 1.88. The summed E-state index contributed by atoms with van der Waals surface area (Å²) in [6.07, 6.45) is 2.38. The fraction of sp³-hybridized carbons (Fsp3) is 0.500. The summed E-state index contributed by atoms with van der Waals surface area (Å²) in [6.45, 7) is 3.61. The molecule has 0 atom stereocenters. The zero-order chi connectivity index (χ0) is 14.8. The van der Waals surface area contributed by atoms with Crippen LogP contribution in [0.25, 0.3) is 0 Å². The summed E-state index contributed by atoms with van der Waals surface area (Å²) in [4.78, 5) is 23.5. The fourth-order valence-electron chi connectivity index (χ4n) is 1.88. The number of hydrogen-bond donors (Lipinski definition) is 2. The highest BCUT2D eigenvalue weighted by Crippen LogP contribution is 2.08. The molecule has 118 valence electrons. The summed E-state index contributed by atoms with van der Waals surface area (Å²) < 4.78 is 0. The Morgan fingerprint density at radius 2 is 1.71 bits per heavy atom. The number of nitrogens with one attached hydrogen (secondary N) is 2. The van der Waals surface area contributed by atoms with Gasteiger partial charge in [0.05, 0.1) is 0 Å². The topological polar surface area (TPSA) is 58.2 Å². The molecule has 0 saturated carbocycles. The second-order valence-corrected chi connectivity index (χ2v) is 4.78. The van der Waals surface area contributed by atoms with E-state index in [0.717, 1.165) is 19.4 Å². The van der Waals surface area contributed by atoms with Crippen molar-refractivity contribution in [1.29, 1.82) is 0 Å². The number of aryl methyl sites for hydroxylation is 1. The van der Waals surface area contributed by atoms with E-state index in [-0.39, 0.29) is 36.9 Å². The van der Waals surface area contributed by atoms with E-state index in [1.54, 1.807) is 0 Å². The van der Waals surface area contributed by atoms with Gasteiger partial charge in [0.1, 0.15) is 0 Å². The third-order valence-electron chi connectivity index (χ3n) is 3.19. The molecule has 0 spiro atoms. The Bertz CT molecular complexity index is 432. The lowest BCUT2D eigenvalue weighted by Gasteiger charge is -2.05. The maximum absolute atomic E-state index is 11.9.